The Morgan fingerprint density at radius 1 is 0.853 bits per heavy atom. The normalized spacial score (nSPS) is 11.8. The second kappa shape index (κ2) is 12.0. The second-order valence-electron chi connectivity index (χ2n) is 8.14. The fourth-order valence-electron chi connectivity index (χ4n) is 3.72. The second-order valence-corrected chi connectivity index (χ2v) is 8.14. The van der Waals surface area contributed by atoms with E-state index in [0.29, 0.717) is 30.4 Å². The quantitative estimate of drug-likeness (QED) is 0.441. The summed E-state index contributed by atoms with van der Waals surface area (Å²) in [7, 11) is 1.74. The summed E-state index contributed by atoms with van der Waals surface area (Å²) < 4.78 is 11.2. The van der Waals surface area contributed by atoms with Crippen molar-refractivity contribution in [3.63, 3.8) is 0 Å². The summed E-state index contributed by atoms with van der Waals surface area (Å²) in [4.78, 5) is 26.7. The van der Waals surface area contributed by atoms with Crippen LogP contribution in [0.15, 0.2) is 60.7 Å². The number of hydrogen-bond donors (Lipinski definition) is 2. The molecule has 3 aromatic carbocycles. The Labute approximate surface area is 201 Å². The number of hydrogen-bond acceptors (Lipinski definition) is 5. The van der Waals surface area contributed by atoms with Crippen LogP contribution in [0.3, 0.4) is 0 Å². The van der Waals surface area contributed by atoms with Gasteiger partial charge in [-0.2, -0.15) is 0 Å². The predicted octanol–water partition coefficient (Wildman–Crippen LogP) is 4.38. The van der Waals surface area contributed by atoms with E-state index in [1.807, 2.05) is 39.0 Å². The molecule has 0 spiro atoms. The SMILES string of the molecule is CCOc1ccc(NC(=O)CN(C)CC(=O)NC(C)c2ccc3ccccc3c2)cc1OCC. The number of carbonyl (C=O) groups excluding carboxylic acids is 2. The lowest BCUT2D eigenvalue weighted by molar-refractivity contribution is -0.123. The maximum atomic E-state index is 12.5. The van der Waals surface area contributed by atoms with Crippen LogP contribution in [0.1, 0.15) is 32.4 Å². The number of nitrogens with zero attached hydrogens (tertiary/aromatic N) is 1. The summed E-state index contributed by atoms with van der Waals surface area (Å²) in [5.74, 6) is 0.856. The number of ether oxygens (including phenoxy) is 2. The van der Waals surface area contributed by atoms with Crippen molar-refractivity contribution in [2.75, 3.05) is 38.7 Å². The van der Waals surface area contributed by atoms with Gasteiger partial charge in [-0.25, -0.2) is 0 Å². The van der Waals surface area contributed by atoms with Crippen LogP contribution in [0.25, 0.3) is 10.8 Å². The zero-order valence-electron chi connectivity index (χ0n) is 20.3. The summed E-state index contributed by atoms with van der Waals surface area (Å²) in [6.07, 6.45) is 0. The van der Waals surface area contributed by atoms with Gasteiger partial charge < -0.3 is 20.1 Å². The van der Waals surface area contributed by atoms with Gasteiger partial charge in [-0.05, 0) is 62.4 Å². The van der Waals surface area contributed by atoms with Gasteiger partial charge in [0.2, 0.25) is 11.8 Å². The van der Waals surface area contributed by atoms with Crippen molar-refractivity contribution >= 4 is 28.3 Å². The minimum atomic E-state index is -0.218. The molecule has 0 heterocycles. The van der Waals surface area contributed by atoms with E-state index in [-0.39, 0.29) is 30.9 Å². The number of benzene rings is 3. The van der Waals surface area contributed by atoms with Crippen LogP contribution < -0.4 is 20.1 Å². The standard InChI is InChI=1S/C27H33N3O4/c1-5-33-24-14-13-23(16-25(24)34-6-2)29-27(32)18-30(4)17-26(31)28-19(3)21-12-11-20-9-7-8-10-22(20)15-21/h7-16,19H,5-6,17-18H2,1-4H3,(H,28,31)(H,29,32). The van der Waals surface area contributed by atoms with Crippen LogP contribution in [-0.4, -0.2) is 50.1 Å². The summed E-state index contributed by atoms with van der Waals surface area (Å²) in [6, 6.07) is 19.4. The van der Waals surface area contributed by atoms with E-state index in [1.54, 1.807) is 30.1 Å². The molecule has 0 aliphatic carbocycles. The van der Waals surface area contributed by atoms with E-state index in [2.05, 4.69) is 34.9 Å². The first-order valence-electron chi connectivity index (χ1n) is 11.6. The molecule has 7 nitrogen and oxygen atoms in total. The molecule has 0 aliphatic heterocycles. The van der Waals surface area contributed by atoms with E-state index in [1.165, 1.54) is 0 Å². The molecule has 3 rings (SSSR count). The van der Waals surface area contributed by atoms with E-state index in [0.717, 1.165) is 16.3 Å². The van der Waals surface area contributed by atoms with E-state index in [9.17, 15) is 9.59 Å². The molecule has 0 radical (unpaired) electrons. The number of nitrogens with one attached hydrogen (secondary N) is 2. The van der Waals surface area contributed by atoms with E-state index < -0.39 is 0 Å². The first kappa shape index (κ1) is 25.1. The maximum Gasteiger partial charge on any atom is 0.238 e. The van der Waals surface area contributed by atoms with Crippen LogP contribution in [0.4, 0.5) is 5.69 Å². The number of fused-ring (bicyclic) bond motifs is 1. The third kappa shape index (κ3) is 6.96. The summed E-state index contributed by atoms with van der Waals surface area (Å²) >= 11 is 0. The van der Waals surface area contributed by atoms with Gasteiger partial charge in [0.1, 0.15) is 0 Å². The third-order valence-electron chi connectivity index (χ3n) is 5.31. The number of carbonyl (C=O) groups is 2. The van der Waals surface area contributed by atoms with Crippen LogP contribution in [0, 0.1) is 0 Å². The molecular formula is C27H33N3O4. The highest BCUT2D eigenvalue weighted by Gasteiger charge is 2.15. The van der Waals surface area contributed by atoms with Crippen molar-refractivity contribution in [1.82, 2.24) is 10.2 Å². The molecule has 0 bridgehead atoms. The van der Waals surface area contributed by atoms with Gasteiger partial charge in [-0.3, -0.25) is 14.5 Å². The monoisotopic (exact) mass is 463 g/mol. The van der Waals surface area contributed by atoms with Crippen molar-refractivity contribution in [3.05, 3.63) is 66.2 Å². The molecule has 0 fully saturated rings. The number of likely N-dealkylation sites (N-methyl/N-ethyl adjacent to an activating group) is 1. The molecule has 0 aromatic heterocycles. The van der Waals surface area contributed by atoms with E-state index >= 15 is 0 Å². The average molecular weight is 464 g/mol. The Morgan fingerprint density at radius 3 is 2.26 bits per heavy atom. The Kier molecular flexibility index (Phi) is 8.87. The highest BCUT2D eigenvalue weighted by atomic mass is 16.5. The van der Waals surface area contributed by atoms with Gasteiger partial charge in [0, 0.05) is 11.8 Å². The summed E-state index contributed by atoms with van der Waals surface area (Å²) in [5, 5.41) is 8.16. The fraction of sp³-hybridized carbons (Fsp3) is 0.333. The molecule has 1 atom stereocenters. The first-order valence-corrected chi connectivity index (χ1v) is 11.6. The molecule has 0 saturated heterocycles. The van der Waals surface area contributed by atoms with Gasteiger partial charge in [0.15, 0.2) is 11.5 Å². The molecular weight excluding hydrogens is 430 g/mol. The number of rotatable bonds is 11. The van der Waals surface area contributed by atoms with Crippen LogP contribution in [0.2, 0.25) is 0 Å². The molecule has 7 heteroatoms. The zero-order chi connectivity index (χ0) is 24.5. The van der Waals surface area contributed by atoms with Crippen LogP contribution in [0.5, 0.6) is 11.5 Å². The van der Waals surface area contributed by atoms with E-state index in [4.69, 9.17) is 9.47 Å². The lowest BCUT2D eigenvalue weighted by atomic mass is 10.0. The topological polar surface area (TPSA) is 79.9 Å². The highest BCUT2D eigenvalue weighted by Crippen LogP contribution is 2.30. The lowest BCUT2D eigenvalue weighted by Crippen LogP contribution is -2.39. The first-order chi connectivity index (χ1) is 16.4. The molecule has 2 N–H and O–H groups in total. The largest absolute Gasteiger partial charge is 0.490 e. The Balaban J connectivity index is 1.51. The summed E-state index contributed by atoms with van der Waals surface area (Å²) in [6.45, 7) is 6.96. The van der Waals surface area contributed by atoms with Crippen LogP contribution >= 0.6 is 0 Å². The minimum Gasteiger partial charge on any atom is -0.490 e. The van der Waals surface area contributed by atoms with Gasteiger partial charge in [-0.1, -0.05) is 36.4 Å². The predicted molar refractivity (Wildman–Crippen MR) is 135 cm³/mol. The molecule has 1 unspecified atom stereocenters. The zero-order valence-corrected chi connectivity index (χ0v) is 20.3. The van der Waals surface area contributed by atoms with Crippen LogP contribution in [-0.2, 0) is 9.59 Å². The van der Waals surface area contributed by atoms with Gasteiger partial charge >= 0.3 is 0 Å². The smallest absolute Gasteiger partial charge is 0.238 e. The molecule has 0 saturated carbocycles. The highest BCUT2D eigenvalue weighted by molar-refractivity contribution is 5.93. The molecule has 3 aromatic rings. The Morgan fingerprint density at radius 2 is 1.53 bits per heavy atom. The van der Waals surface area contributed by atoms with Crippen molar-refractivity contribution < 1.29 is 19.1 Å². The Hall–Kier alpha value is -3.58. The van der Waals surface area contributed by atoms with Crippen molar-refractivity contribution in [2.45, 2.75) is 26.8 Å². The fourth-order valence-corrected chi connectivity index (χ4v) is 3.72. The summed E-state index contributed by atoms with van der Waals surface area (Å²) in [5.41, 5.74) is 1.65. The van der Waals surface area contributed by atoms with Crippen molar-refractivity contribution in [3.8, 4) is 11.5 Å². The molecule has 2 amide bonds. The van der Waals surface area contributed by atoms with Gasteiger partial charge in [0.05, 0.1) is 32.3 Å². The molecule has 0 aliphatic rings. The van der Waals surface area contributed by atoms with Gasteiger partial charge in [0.25, 0.3) is 0 Å². The lowest BCUT2D eigenvalue weighted by Gasteiger charge is -2.19. The number of amides is 2. The van der Waals surface area contributed by atoms with Gasteiger partial charge in [-0.15, -0.1) is 0 Å². The average Bonchev–Trinajstić information content (AvgIpc) is 2.80. The van der Waals surface area contributed by atoms with Crippen molar-refractivity contribution in [2.24, 2.45) is 0 Å². The number of anilines is 1. The minimum absolute atomic E-state index is 0.0783. The third-order valence-corrected chi connectivity index (χ3v) is 5.31. The molecule has 180 valence electrons. The molecule has 34 heavy (non-hydrogen) atoms. The Bertz CT molecular complexity index is 1130. The maximum absolute atomic E-state index is 12.5. The van der Waals surface area contributed by atoms with Crippen molar-refractivity contribution in [1.29, 1.82) is 0 Å².